The number of likely N-dealkylation sites (tertiary alicyclic amines) is 1. The second kappa shape index (κ2) is 10.5. The van der Waals surface area contributed by atoms with Crippen LogP contribution < -0.4 is 15.0 Å². The largest absolute Gasteiger partial charge is 0.463 e. The Morgan fingerprint density at radius 1 is 1.05 bits per heavy atom. The number of hydrogen-bond acceptors (Lipinski definition) is 7. The SMILES string of the molecule is Cc1c(Cl)cc2n[nH]c(C)c2c1-c1c(F)cc2c(N3CC4CCC(C3)N4)nc(OCC3(CN4CC[C@@H](F)C4)CC3)nc2c1F. The van der Waals surface area contributed by atoms with Crippen LogP contribution in [0.15, 0.2) is 12.1 Å². The average Bonchev–Trinajstić information content (AvgIpc) is 3.28. The zero-order chi connectivity index (χ0) is 30.3. The number of nitrogens with zero attached hydrogens (tertiary/aromatic N) is 5. The lowest BCUT2D eigenvalue weighted by Gasteiger charge is -2.34. The zero-order valence-corrected chi connectivity index (χ0v) is 25.6. The topological polar surface area (TPSA) is 82.2 Å². The van der Waals surface area contributed by atoms with Gasteiger partial charge in [0.1, 0.15) is 23.3 Å². The van der Waals surface area contributed by atoms with Crippen molar-refractivity contribution in [1.29, 1.82) is 0 Å². The van der Waals surface area contributed by atoms with Crippen molar-refractivity contribution in [2.45, 2.75) is 64.2 Å². The number of alkyl halides is 1. The molecule has 232 valence electrons. The highest BCUT2D eigenvalue weighted by Crippen LogP contribution is 2.47. The van der Waals surface area contributed by atoms with E-state index in [-0.39, 0.29) is 34.6 Å². The van der Waals surface area contributed by atoms with Crippen LogP contribution in [0.1, 0.15) is 43.4 Å². The Bertz CT molecular complexity index is 1780. The Balaban J connectivity index is 1.24. The van der Waals surface area contributed by atoms with E-state index >= 15 is 8.78 Å². The van der Waals surface area contributed by atoms with Crippen LogP contribution >= 0.6 is 11.6 Å². The molecule has 3 saturated heterocycles. The smallest absolute Gasteiger partial charge is 0.319 e. The van der Waals surface area contributed by atoms with Gasteiger partial charge in [0.2, 0.25) is 0 Å². The van der Waals surface area contributed by atoms with E-state index < -0.39 is 17.8 Å². The first-order valence-corrected chi connectivity index (χ1v) is 15.9. The van der Waals surface area contributed by atoms with Crippen LogP contribution in [0, 0.1) is 30.9 Å². The number of ether oxygens (including phenoxy) is 1. The van der Waals surface area contributed by atoms with Crippen molar-refractivity contribution in [3.05, 3.63) is 40.0 Å². The van der Waals surface area contributed by atoms with Gasteiger partial charge in [0.05, 0.1) is 17.7 Å². The van der Waals surface area contributed by atoms with Gasteiger partial charge in [-0.1, -0.05) is 11.6 Å². The highest BCUT2D eigenvalue weighted by molar-refractivity contribution is 6.33. The molecule has 2 bridgehead atoms. The van der Waals surface area contributed by atoms with Crippen molar-refractivity contribution in [2.24, 2.45) is 5.41 Å². The number of aryl methyl sites for hydroxylation is 1. The molecule has 1 saturated carbocycles. The number of piperazine rings is 1. The fourth-order valence-corrected chi connectivity index (χ4v) is 7.72. The lowest BCUT2D eigenvalue weighted by Crippen LogP contribution is -2.51. The summed E-state index contributed by atoms with van der Waals surface area (Å²) in [5, 5.41) is 12.1. The van der Waals surface area contributed by atoms with Crippen molar-refractivity contribution in [1.82, 2.24) is 30.4 Å². The summed E-state index contributed by atoms with van der Waals surface area (Å²) in [7, 11) is 0. The Morgan fingerprint density at radius 3 is 2.52 bits per heavy atom. The standard InChI is InChI=1S/C32H35ClF3N7O/c1-16-22(33)10-24-26(17(2)40-41-24)25(16)27-23(35)9-21-29(28(27)36)38-31(39-30(21)43-12-19-3-4-20(13-43)37-19)44-15-32(6-7-32)14-42-8-5-18(34)11-42/h9-10,18-20,37H,3-8,11-15H2,1-2H3,(H,40,41)/t18-,19?,20?/m1/s1. The molecule has 0 radical (unpaired) electrons. The van der Waals surface area contributed by atoms with Crippen LogP contribution in [0.5, 0.6) is 6.01 Å². The van der Waals surface area contributed by atoms with Gasteiger partial charge < -0.3 is 15.0 Å². The van der Waals surface area contributed by atoms with Gasteiger partial charge in [-0.2, -0.15) is 15.1 Å². The van der Waals surface area contributed by atoms with Gasteiger partial charge >= 0.3 is 6.01 Å². The number of aromatic nitrogens is 4. The lowest BCUT2D eigenvalue weighted by atomic mass is 9.93. The number of benzene rings is 2. The summed E-state index contributed by atoms with van der Waals surface area (Å²) in [6.07, 6.45) is 3.83. The summed E-state index contributed by atoms with van der Waals surface area (Å²) in [6, 6.07) is 3.70. The maximum Gasteiger partial charge on any atom is 0.319 e. The molecule has 4 fully saturated rings. The minimum Gasteiger partial charge on any atom is -0.463 e. The molecule has 0 spiro atoms. The molecule has 0 amide bonds. The molecule has 2 aromatic heterocycles. The third-order valence-corrected chi connectivity index (χ3v) is 10.5. The van der Waals surface area contributed by atoms with E-state index in [0.717, 1.165) is 38.8 Å². The quantitative estimate of drug-likeness (QED) is 0.266. The second-order valence-electron chi connectivity index (χ2n) is 13.3. The number of hydrogen-bond donors (Lipinski definition) is 2. The van der Waals surface area contributed by atoms with Gasteiger partial charge in [0.15, 0.2) is 5.82 Å². The third-order valence-electron chi connectivity index (χ3n) is 10.1. The molecule has 4 aliphatic rings. The molecular weight excluding hydrogens is 591 g/mol. The number of anilines is 1. The van der Waals surface area contributed by atoms with Crippen LogP contribution in [0.2, 0.25) is 5.02 Å². The minimum absolute atomic E-state index is 0.00520. The van der Waals surface area contributed by atoms with E-state index in [9.17, 15) is 4.39 Å². The maximum atomic E-state index is 16.8. The molecule has 12 heteroatoms. The molecule has 2 N–H and O–H groups in total. The summed E-state index contributed by atoms with van der Waals surface area (Å²) in [5.74, 6) is -1.02. The summed E-state index contributed by atoms with van der Waals surface area (Å²) < 4.78 is 53.2. The fraction of sp³-hybridized carbons (Fsp3) is 0.531. The summed E-state index contributed by atoms with van der Waals surface area (Å²) >= 11 is 6.54. The first-order chi connectivity index (χ1) is 21.2. The van der Waals surface area contributed by atoms with Crippen molar-refractivity contribution in [3.8, 4) is 17.1 Å². The number of halogens is 4. The van der Waals surface area contributed by atoms with E-state index in [1.165, 1.54) is 6.07 Å². The highest BCUT2D eigenvalue weighted by Gasteiger charge is 2.46. The van der Waals surface area contributed by atoms with Crippen molar-refractivity contribution in [2.75, 3.05) is 44.2 Å². The summed E-state index contributed by atoms with van der Waals surface area (Å²) in [6.45, 7) is 7.24. The molecule has 2 unspecified atom stereocenters. The molecule has 8 rings (SSSR count). The number of rotatable bonds is 7. The van der Waals surface area contributed by atoms with E-state index in [2.05, 4.69) is 30.3 Å². The van der Waals surface area contributed by atoms with Gasteiger partial charge in [0.25, 0.3) is 0 Å². The Labute approximate surface area is 258 Å². The lowest BCUT2D eigenvalue weighted by molar-refractivity contribution is 0.165. The van der Waals surface area contributed by atoms with Crippen molar-refractivity contribution >= 4 is 39.2 Å². The second-order valence-corrected chi connectivity index (χ2v) is 13.7. The Kier molecular flexibility index (Phi) is 6.73. The minimum atomic E-state index is -0.786. The van der Waals surface area contributed by atoms with Crippen molar-refractivity contribution in [3.63, 3.8) is 0 Å². The van der Waals surface area contributed by atoms with Crippen LogP contribution in [0.4, 0.5) is 19.0 Å². The van der Waals surface area contributed by atoms with E-state index in [1.54, 1.807) is 13.0 Å². The number of nitrogens with one attached hydrogen (secondary N) is 2. The fourth-order valence-electron chi connectivity index (χ4n) is 7.53. The van der Waals surface area contributed by atoms with Gasteiger partial charge in [-0.3, -0.25) is 10.00 Å². The van der Waals surface area contributed by atoms with Crippen LogP contribution in [0.25, 0.3) is 32.9 Å². The average molecular weight is 626 g/mol. The number of aromatic amines is 1. The third kappa shape index (κ3) is 4.79. The normalized spacial score (nSPS) is 24.6. The predicted octanol–water partition coefficient (Wildman–Crippen LogP) is 5.86. The molecular formula is C32H35ClF3N7O. The molecule has 44 heavy (non-hydrogen) atoms. The van der Waals surface area contributed by atoms with Crippen LogP contribution in [-0.4, -0.2) is 82.7 Å². The molecule has 3 aliphatic heterocycles. The van der Waals surface area contributed by atoms with Crippen LogP contribution in [0.3, 0.4) is 0 Å². The first-order valence-electron chi connectivity index (χ1n) is 15.5. The monoisotopic (exact) mass is 625 g/mol. The van der Waals surface area contributed by atoms with Gasteiger partial charge in [-0.05, 0) is 63.6 Å². The first kappa shape index (κ1) is 28.3. The van der Waals surface area contributed by atoms with E-state index in [1.807, 2.05) is 6.92 Å². The molecule has 3 atom stereocenters. The molecule has 2 aromatic carbocycles. The van der Waals surface area contributed by atoms with Crippen LogP contribution in [-0.2, 0) is 0 Å². The van der Waals surface area contributed by atoms with Gasteiger partial charge in [-0.25, -0.2) is 13.2 Å². The van der Waals surface area contributed by atoms with Gasteiger partial charge in [0, 0.05) is 77.3 Å². The van der Waals surface area contributed by atoms with E-state index in [4.69, 9.17) is 21.3 Å². The van der Waals surface area contributed by atoms with E-state index in [0.29, 0.717) is 76.6 Å². The van der Waals surface area contributed by atoms with Crippen molar-refractivity contribution < 1.29 is 17.9 Å². The highest BCUT2D eigenvalue weighted by atomic mass is 35.5. The number of fused-ring (bicyclic) bond motifs is 4. The maximum absolute atomic E-state index is 16.8. The zero-order valence-electron chi connectivity index (χ0n) is 24.8. The summed E-state index contributed by atoms with van der Waals surface area (Å²) in [5.41, 5.74) is 1.84. The number of H-pyrrole nitrogens is 1. The Hall–Kier alpha value is -3.15. The molecule has 4 aromatic rings. The molecule has 5 heterocycles. The summed E-state index contributed by atoms with van der Waals surface area (Å²) in [4.78, 5) is 13.6. The van der Waals surface area contributed by atoms with Gasteiger partial charge in [-0.15, -0.1) is 0 Å². The molecule has 8 nitrogen and oxygen atoms in total. The molecule has 1 aliphatic carbocycles. The predicted molar refractivity (Wildman–Crippen MR) is 164 cm³/mol. The Morgan fingerprint density at radius 2 is 1.82 bits per heavy atom.